The summed E-state index contributed by atoms with van der Waals surface area (Å²) in [4.78, 5) is 10.9. The van der Waals surface area contributed by atoms with Crippen LogP contribution in [0.1, 0.15) is 26.2 Å². The molecule has 0 amide bonds. The van der Waals surface area contributed by atoms with Gasteiger partial charge >= 0.3 is 5.97 Å². The largest absolute Gasteiger partial charge is 0.479 e. The van der Waals surface area contributed by atoms with Gasteiger partial charge in [0, 0.05) is 0 Å². The zero-order valence-electron chi connectivity index (χ0n) is 9.45. The van der Waals surface area contributed by atoms with Gasteiger partial charge in [-0.25, -0.2) is 9.18 Å². The Hall–Kier alpha value is -1.29. The average Bonchev–Trinajstić information content (AvgIpc) is 2.26. The Kier molecular flexibility index (Phi) is 5.22. The molecule has 0 aliphatic rings. The van der Waals surface area contributed by atoms with Crippen LogP contribution in [0.15, 0.2) is 18.2 Å². The number of hydrogen-bond donors (Lipinski definition) is 1. The average molecular weight is 261 g/mol. The molecular formula is C12H14ClFO3. The van der Waals surface area contributed by atoms with Gasteiger partial charge in [-0.05, 0) is 31.0 Å². The lowest BCUT2D eigenvalue weighted by atomic mass is 10.1. The Morgan fingerprint density at radius 3 is 2.82 bits per heavy atom. The van der Waals surface area contributed by atoms with Crippen molar-refractivity contribution in [3.8, 4) is 5.75 Å². The lowest BCUT2D eigenvalue weighted by molar-refractivity contribution is -0.145. The molecule has 5 heteroatoms. The minimum atomic E-state index is -1.04. The Morgan fingerprint density at radius 1 is 1.59 bits per heavy atom. The molecule has 17 heavy (non-hydrogen) atoms. The first-order valence-corrected chi connectivity index (χ1v) is 5.77. The van der Waals surface area contributed by atoms with Crippen LogP contribution in [0.5, 0.6) is 5.75 Å². The number of ether oxygens (including phenoxy) is 1. The number of carboxylic acid groups (broad SMARTS) is 1. The monoisotopic (exact) mass is 260 g/mol. The molecule has 0 spiro atoms. The second kappa shape index (κ2) is 6.45. The molecule has 94 valence electrons. The van der Waals surface area contributed by atoms with Crippen LogP contribution in [0, 0.1) is 5.82 Å². The molecule has 0 radical (unpaired) electrons. The zero-order valence-corrected chi connectivity index (χ0v) is 10.2. The molecule has 3 nitrogen and oxygen atoms in total. The number of benzene rings is 1. The van der Waals surface area contributed by atoms with Gasteiger partial charge in [0.2, 0.25) is 0 Å². The summed E-state index contributed by atoms with van der Waals surface area (Å²) in [5.74, 6) is -1.34. The number of aliphatic carboxylic acids is 1. The van der Waals surface area contributed by atoms with Gasteiger partial charge in [-0.3, -0.25) is 0 Å². The van der Waals surface area contributed by atoms with Crippen molar-refractivity contribution < 1.29 is 19.0 Å². The van der Waals surface area contributed by atoms with Gasteiger partial charge in [-0.15, -0.1) is 0 Å². The molecule has 0 bridgehead atoms. The van der Waals surface area contributed by atoms with E-state index in [0.29, 0.717) is 6.42 Å². The van der Waals surface area contributed by atoms with Gasteiger partial charge in [-0.2, -0.15) is 0 Å². The Balaban J connectivity index is 2.75. The maximum Gasteiger partial charge on any atom is 0.344 e. The minimum absolute atomic E-state index is 0.0766. The van der Waals surface area contributed by atoms with Crippen LogP contribution >= 0.6 is 11.6 Å². The van der Waals surface area contributed by atoms with Gasteiger partial charge in [0.1, 0.15) is 11.6 Å². The first-order chi connectivity index (χ1) is 8.04. The second-order valence-corrected chi connectivity index (χ2v) is 4.07. The van der Waals surface area contributed by atoms with E-state index < -0.39 is 17.9 Å². The van der Waals surface area contributed by atoms with Crippen molar-refractivity contribution in [1.82, 2.24) is 0 Å². The van der Waals surface area contributed by atoms with E-state index in [1.165, 1.54) is 12.1 Å². The van der Waals surface area contributed by atoms with Crippen LogP contribution in [-0.2, 0) is 4.79 Å². The number of hydrogen-bond acceptors (Lipinski definition) is 2. The summed E-state index contributed by atoms with van der Waals surface area (Å²) in [5.41, 5.74) is 0. The first-order valence-electron chi connectivity index (χ1n) is 5.39. The quantitative estimate of drug-likeness (QED) is 0.851. The Bertz CT molecular complexity index is 395. The van der Waals surface area contributed by atoms with E-state index in [-0.39, 0.29) is 10.8 Å². The highest BCUT2D eigenvalue weighted by atomic mass is 35.5. The molecular weight excluding hydrogens is 247 g/mol. The highest BCUT2D eigenvalue weighted by Gasteiger charge is 2.19. The Labute approximate surface area is 104 Å². The van der Waals surface area contributed by atoms with Crippen LogP contribution in [0.25, 0.3) is 0 Å². The fraction of sp³-hybridized carbons (Fsp3) is 0.417. The smallest absolute Gasteiger partial charge is 0.344 e. The standard InChI is InChI=1S/C12H14ClFO3/c1-2-3-4-11(12(15)16)17-10-6-5-8(14)7-9(10)13/h5-7,11H,2-4H2,1H3,(H,15,16). The molecule has 1 atom stereocenters. The summed E-state index contributed by atoms with van der Waals surface area (Å²) in [5, 5.41) is 9.04. The summed E-state index contributed by atoms with van der Waals surface area (Å²) in [6.07, 6.45) is 1.08. The van der Waals surface area contributed by atoms with Crippen molar-refractivity contribution >= 4 is 17.6 Å². The number of rotatable bonds is 6. The second-order valence-electron chi connectivity index (χ2n) is 3.66. The predicted molar refractivity (Wildman–Crippen MR) is 63.0 cm³/mol. The van der Waals surface area contributed by atoms with E-state index >= 15 is 0 Å². The van der Waals surface area contributed by atoms with Crippen molar-refractivity contribution in [1.29, 1.82) is 0 Å². The van der Waals surface area contributed by atoms with Crippen LogP contribution in [0.3, 0.4) is 0 Å². The molecule has 1 N–H and O–H groups in total. The molecule has 0 saturated carbocycles. The van der Waals surface area contributed by atoms with Crippen LogP contribution < -0.4 is 4.74 Å². The lowest BCUT2D eigenvalue weighted by Gasteiger charge is -2.15. The van der Waals surface area contributed by atoms with Gasteiger partial charge < -0.3 is 9.84 Å². The van der Waals surface area contributed by atoms with Crippen molar-refractivity contribution in [3.63, 3.8) is 0 Å². The van der Waals surface area contributed by atoms with E-state index in [0.717, 1.165) is 18.9 Å². The van der Waals surface area contributed by atoms with E-state index in [2.05, 4.69) is 0 Å². The fourth-order valence-corrected chi connectivity index (χ4v) is 1.56. The zero-order chi connectivity index (χ0) is 12.8. The molecule has 0 aromatic heterocycles. The number of unbranched alkanes of at least 4 members (excludes halogenated alkanes) is 1. The normalized spacial score (nSPS) is 12.2. The summed E-state index contributed by atoms with van der Waals surface area (Å²) < 4.78 is 18.1. The predicted octanol–water partition coefficient (Wildman–Crippen LogP) is 3.50. The third-order valence-corrected chi connectivity index (χ3v) is 2.55. The fourth-order valence-electron chi connectivity index (χ4n) is 1.35. The highest BCUT2D eigenvalue weighted by Crippen LogP contribution is 2.26. The molecule has 1 rings (SSSR count). The molecule has 0 saturated heterocycles. The molecule has 1 unspecified atom stereocenters. The molecule has 0 aliphatic heterocycles. The van der Waals surface area contributed by atoms with Gasteiger partial charge in [0.05, 0.1) is 5.02 Å². The van der Waals surface area contributed by atoms with Crippen molar-refractivity contribution in [2.75, 3.05) is 0 Å². The van der Waals surface area contributed by atoms with Gasteiger partial charge in [0.15, 0.2) is 6.10 Å². The van der Waals surface area contributed by atoms with Crippen LogP contribution in [0.4, 0.5) is 4.39 Å². The summed E-state index contributed by atoms with van der Waals surface area (Å²) in [6.45, 7) is 1.96. The molecule has 0 fully saturated rings. The number of halogens is 2. The maximum absolute atomic E-state index is 12.8. The molecule has 1 aromatic rings. The van der Waals surface area contributed by atoms with Crippen molar-refractivity contribution in [2.45, 2.75) is 32.3 Å². The molecule has 1 aromatic carbocycles. The van der Waals surface area contributed by atoms with Gasteiger partial charge in [0.25, 0.3) is 0 Å². The highest BCUT2D eigenvalue weighted by molar-refractivity contribution is 6.32. The molecule has 0 heterocycles. The topological polar surface area (TPSA) is 46.5 Å². The third kappa shape index (κ3) is 4.23. The first kappa shape index (κ1) is 13.8. The summed E-state index contributed by atoms with van der Waals surface area (Å²) >= 11 is 5.75. The van der Waals surface area contributed by atoms with Gasteiger partial charge in [-0.1, -0.05) is 24.9 Å². The van der Waals surface area contributed by atoms with E-state index in [1.807, 2.05) is 6.92 Å². The lowest BCUT2D eigenvalue weighted by Crippen LogP contribution is -2.27. The Morgan fingerprint density at radius 2 is 2.29 bits per heavy atom. The third-order valence-electron chi connectivity index (χ3n) is 2.26. The van der Waals surface area contributed by atoms with Crippen LogP contribution in [-0.4, -0.2) is 17.2 Å². The van der Waals surface area contributed by atoms with E-state index in [9.17, 15) is 9.18 Å². The number of carboxylic acids is 1. The van der Waals surface area contributed by atoms with E-state index in [4.69, 9.17) is 21.4 Å². The molecule has 0 aliphatic carbocycles. The summed E-state index contributed by atoms with van der Waals surface area (Å²) in [7, 11) is 0. The number of carbonyl (C=O) groups is 1. The maximum atomic E-state index is 12.8. The van der Waals surface area contributed by atoms with Crippen LogP contribution in [0.2, 0.25) is 5.02 Å². The summed E-state index contributed by atoms with van der Waals surface area (Å²) in [6, 6.07) is 3.61. The van der Waals surface area contributed by atoms with Crippen molar-refractivity contribution in [2.24, 2.45) is 0 Å². The van der Waals surface area contributed by atoms with E-state index in [1.54, 1.807) is 0 Å². The van der Waals surface area contributed by atoms with Crippen molar-refractivity contribution in [3.05, 3.63) is 29.0 Å². The SMILES string of the molecule is CCCCC(Oc1ccc(F)cc1Cl)C(=O)O. The minimum Gasteiger partial charge on any atom is -0.479 e.